The van der Waals surface area contributed by atoms with E-state index in [0.29, 0.717) is 5.92 Å². The second-order valence-electron chi connectivity index (χ2n) is 4.70. The average molecular weight is 244 g/mol. The van der Waals surface area contributed by atoms with Crippen LogP contribution in [-0.4, -0.2) is 9.55 Å². The van der Waals surface area contributed by atoms with Crippen LogP contribution in [0, 0.1) is 6.92 Å². The van der Waals surface area contributed by atoms with Crippen molar-refractivity contribution in [2.75, 3.05) is 0 Å². The van der Waals surface area contributed by atoms with E-state index in [0.717, 1.165) is 16.8 Å². The number of rotatable bonds is 2. The molecular formula is C14H16N2O2. The predicted molar refractivity (Wildman–Crippen MR) is 71.5 cm³/mol. The van der Waals surface area contributed by atoms with Crippen LogP contribution in [0.1, 0.15) is 30.9 Å². The summed E-state index contributed by atoms with van der Waals surface area (Å²) in [5.74, 6) is 0.304. The fourth-order valence-corrected chi connectivity index (χ4v) is 1.96. The van der Waals surface area contributed by atoms with Crippen LogP contribution in [0.3, 0.4) is 0 Å². The van der Waals surface area contributed by atoms with Crippen LogP contribution in [0.4, 0.5) is 0 Å². The Balaban J connectivity index is 2.71. The minimum atomic E-state index is -0.409. The first-order valence-corrected chi connectivity index (χ1v) is 5.92. The molecule has 1 heterocycles. The maximum Gasteiger partial charge on any atom is 0.332 e. The van der Waals surface area contributed by atoms with Crippen molar-refractivity contribution in [3.05, 3.63) is 62.4 Å². The number of aromatic nitrogens is 2. The van der Waals surface area contributed by atoms with Crippen molar-refractivity contribution in [1.29, 1.82) is 0 Å². The summed E-state index contributed by atoms with van der Waals surface area (Å²) in [6.45, 7) is 6.18. The largest absolute Gasteiger partial charge is 0.332 e. The van der Waals surface area contributed by atoms with Gasteiger partial charge in [-0.1, -0.05) is 31.5 Å². The molecule has 0 saturated carbocycles. The zero-order valence-electron chi connectivity index (χ0n) is 10.7. The maximum atomic E-state index is 11.8. The molecule has 0 bridgehead atoms. The minimum absolute atomic E-state index is 0.304. The summed E-state index contributed by atoms with van der Waals surface area (Å²) < 4.78 is 1.47. The molecule has 2 aromatic rings. The van der Waals surface area contributed by atoms with Gasteiger partial charge in [0.15, 0.2) is 0 Å². The summed E-state index contributed by atoms with van der Waals surface area (Å²) in [6, 6.07) is 7.28. The topological polar surface area (TPSA) is 54.9 Å². The van der Waals surface area contributed by atoms with E-state index in [9.17, 15) is 9.59 Å². The molecule has 0 amide bonds. The van der Waals surface area contributed by atoms with Gasteiger partial charge in [-0.05, 0) is 24.5 Å². The van der Waals surface area contributed by atoms with Gasteiger partial charge in [-0.15, -0.1) is 0 Å². The second kappa shape index (κ2) is 4.64. The standard InChI is InChI=1S/C14H16N2O2/c1-9(2)11-8-10(3)4-5-12(11)16-7-6-13(17)15-14(16)18/h4-9H,1-3H3,(H,15,17,18). The summed E-state index contributed by atoms with van der Waals surface area (Å²) in [6.07, 6.45) is 1.51. The Morgan fingerprint density at radius 3 is 2.50 bits per heavy atom. The average Bonchev–Trinajstić information content (AvgIpc) is 2.29. The molecule has 0 radical (unpaired) electrons. The number of hydrogen-bond acceptors (Lipinski definition) is 2. The highest BCUT2D eigenvalue weighted by molar-refractivity contribution is 5.45. The highest BCUT2D eigenvalue weighted by Crippen LogP contribution is 2.23. The van der Waals surface area contributed by atoms with Crippen molar-refractivity contribution in [3.63, 3.8) is 0 Å². The highest BCUT2D eigenvalue weighted by atomic mass is 16.2. The summed E-state index contributed by atoms with van der Waals surface area (Å²) in [5.41, 5.74) is 2.27. The van der Waals surface area contributed by atoms with Crippen molar-refractivity contribution < 1.29 is 0 Å². The number of nitrogens with zero attached hydrogens (tertiary/aromatic N) is 1. The van der Waals surface area contributed by atoms with Gasteiger partial charge in [0, 0.05) is 12.3 Å². The Bertz CT molecular complexity index is 681. The van der Waals surface area contributed by atoms with Gasteiger partial charge in [0.25, 0.3) is 5.56 Å². The number of benzene rings is 1. The molecule has 0 saturated heterocycles. The van der Waals surface area contributed by atoms with Crippen molar-refractivity contribution >= 4 is 0 Å². The van der Waals surface area contributed by atoms with Crippen LogP contribution in [0.5, 0.6) is 0 Å². The Kier molecular flexibility index (Phi) is 3.19. The van der Waals surface area contributed by atoms with Gasteiger partial charge in [-0.3, -0.25) is 14.3 Å². The van der Waals surface area contributed by atoms with E-state index in [1.807, 2.05) is 19.1 Å². The zero-order valence-corrected chi connectivity index (χ0v) is 10.7. The molecule has 0 aliphatic rings. The number of H-pyrrole nitrogens is 1. The van der Waals surface area contributed by atoms with Gasteiger partial charge in [-0.2, -0.15) is 0 Å². The van der Waals surface area contributed by atoms with E-state index in [1.165, 1.54) is 16.8 Å². The molecule has 1 N–H and O–H groups in total. The maximum absolute atomic E-state index is 11.8. The molecular weight excluding hydrogens is 228 g/mol. The van der Waals surface area contributed by atoms with E-state index in [1.54, 1.807) is 0 Å². The van der Waals surface area contributed by atoms with Crippen LogP contribution >= 0.6 is 0 Å². The first-order chi connectivity index (χ1) is 8.49. The molecule has 0 unspecified atom stereocenters. The second-order valence-corrected chi connectivity index (χ2v) is 4.70. The monoisotopic (exact) mass is 244 g/mol. The van der Waals surface area contributed by atoms with E-state index in [4.69, 9.17) is 0 Å². The summed E-state index contributed by atoms with van der Waals surface area (Å²) in [7, 11) is 0. The summed E-state index contributed by atoms with van der Waals surface area (Å²) in [5, 5.41) is 0. The third-order valence-electron chi connectivity index (χ3n) is 2.89. The van der Waals surface area contributed by atoms with E-state index < -0.39 is 5.69 Å². The summed E-state index contributed by atoms with van der Waals surface area (Å²) in [4.78, 5) is 25.2. The smallest absolute Gasteiger partial charge is 0.274 e. The van der Waals surface area contributed by atoms with Gasteiger partial charge < -0.3 is 0 Å². The third-order valence-corrected chi connectivity index (χ3v) is 2.89. The minimum Gasteiger partial charge on any atom is -0.274 e. The van der Waals surface area contributed by atoms with E-state index in [2.05, 4.69) is 24.9 Å². The molecule has 4 nitrogen and oxygen atoms in total. The van der Waals surface area contributed by atoms with Crippen molar-refractivity contribution in [3.8, 4) is 5.69 Å². The molecule has 0 fully saturated rings. The molecule has 0 aliphatic carbocycles. The number of aryl methyl sites for hydroxylation is 1. The Morgan fingerprint density at radius 1 is 1.17 bits per heavy atom. The van der Waals surface area contributed by atoms with Gasteiger partial charge in [0.05, 0.1) is 5.69 Å². The van der Waals surface area contributed by atoms with Crippen molar-refractivity contribution in [1.82, 2.24) is 9.55 Å². The van der Waals surface area contributed by atoms with Crippen LogP contribution < -0.4 is 11.2 Å². The Hall–Kier alpha value is -2.10. The van der Waals surface area contributed by atoms with Crippen LogP contribution in [0.2, 0.25) is 0 Å². The molecule has 0 aliphatic heterocycles. The molecule has 4 heteroatoms. The van der Waals surface area contributed by atoms with Gasteiger partial charge in [0.2, 0.25) is 0 Å². The highest BCUT2D eigenvalue weighted by Gasteiger charge is 2.09. The Labute approximate surface area is 105 Å². The molecule has 1 aromatic heterocycles. The molecule has 1 aromatic carbocycles. The van der Waals surface area contributed by atoms with Gasteiger partial charge in [-0.25, -0.2) is 4.79 Å². The predicted octanol–water partition coefficient (Wildman–Crippen LogP) is 1.96. The molecule has 18 heavy (non-hydrogen) atoms. The van der Waals surface area contributed by atoms with Crippen LogP contribution in [0.15, 0.2) is 40.1 Å². The van der Waals surface area contributed by atoms with Crippen LogP contribution in [0.25, 0.3) is 5.69 Å². The number of aromatic amines is 1. The van der Waals surface area contributed by atoms with Crippen molar-refractivity contribution in [2.45, 2.75) is 26.7 Å². The lowest BCUT2D eigenvalue weighted by Gasteiger charge is -2.14. The molecule has 94 valence electrons. The molecule has 0 spiro atoms. The lowest BCUT2D eigenvalue weighted by molar-refractivity contribution is 0.819. The first-order valence-electron chi connectivity index (χ1n) is 5.92. The fraction of sp³-hybridized carbons (Fsp3) is 0.286. The lowest BCUT2D eigenvalue weighted by Crippen LogP contribution is -2.28. The van der Waals surface area contributed by atoms with E-state index in [-0.39, 0.29) is 5.56 Å². The third kappa shape index (κ3) is 2.27. The SMILES string of the molecule is Cc1ccc(-n2ccc(=O)[nH]c2=O)c(C(C)C)c1. The van der Waals surface area contributed by atoms with Crippen molar-refractivity contribution in [2.24, 2.45) is 0 Å². The quantitative estimate of drug-likeness (QED) is 0.878. The molecule has 2 rings (SSSR count). The van der Waals surface area contributed by atoms with Crippen LogP contribution in [-0.2, 0) is 0 Å². The Morgan fingerprint density at radius 2 is 1.89 bits per heavy atom. The van der Waals surface area contributed by atoms with E-state index >= 15 is 0 Å². The number of hydrogen-bond donors (Lipinski definition) is 1. The first kappa shape index (κ1) is 12.4. The fourth-order valence-electron chi connectivity index (χ4n) is 1.96. The van der Waals surface area contributed by atoms with Gasteiger partial charge in [0.1, 0.15) is 0 Å². The molecule has 0 atom stereocenters. The number of nitrogens with one attached hydrogen (secondary N) is 1. The normalized spacial score (nSPS) is 10.9. The lowest BCUT2D eigenvalue weighted by atomic mass is 9.99. The summed E-state index contributed by atoms with van der Waals surface area (Å²) >= 11 is 0. The zero-order chi connectivity index (χ0) is 13.3. The van der Waals surface area contributed by atoms with Gasteiger partial charge >= 0.3 is 5.69 Å².